The van der Waals surface area contributed by atoms with E-state index in [1.54, 1.807) is 24.5 Å². The number of halogens is 2. The van der Waals surface area contributed by atoms with Crippen molar-refractivity contribution in [2.24, 2.45) is 0 Å². The van der Waals surface area contributed by atoms with Gasteiger partial charge in [-0.2, -0.15) is 10.2 Å². The Kier molecular flexibility index (Phi) is 4.55. The second-order valence-electron chi connectivity index (χ2n) is 8.64. The summed E-state index contributed by atoms with van der Waals surface area (Å²) in [7, 11) is 0. The molecule has 1 saturated carbocycles. The Labute approximate surface area is 188 Å². The summed E-state index contributed by atoms with van der Waals surface area (Å²) in [6.07, 6.45) is 7.02. The van der Waals surface area contributed by atoms with E-state index in [-0.39, 0.29) is 23.8 Å². The molecule has 0 saturated heterocycles. The third kappa shape index (κ3) is 3.06. The van der Waals surface area contributed by atoms with Crippen molar-refractivity contribution in [2.45, 2.75) is 43.6 Å². The third-order valence-corrected chi connectivity index (χ3v) is 6.92. The van der Waals surface area contributed by atoms with Crippen molar-refractivity contribution >= 4 is 0 Å². The van der Waals surface area contributed by atoms with Crippen LogP contribution in [0.25, 0.3) is 17.2 Å². The van der Waals surface area contributed by atoms with Crippen LogP contribution in [0.5, 0.6) is 0 Å². The first-order valence-corrected chi connectivity index (χ1v) is 10.9. The van der Waals surface area contributed by atoms with Crippen LogP contribution in [0.2, 0.25) is 0 Å². The maximum absolute atomic E-state index is 14.4. The quantitative estimate of drug-likeness (QED) is 0.512. The average Bonchev–Trinajstić information content (AvgIpc) is 3.34. The van der Waals surface area contributed by atoms with Gasteiger partial charge in [-0.3, -0.25) is 0 Å². The topological polar surface area (TPSA) is 89.6 Å². The molecular weight excluding hydrogens is 426 g/mol. The minimum atomic E-state index is -0.651. The van der Waals surface area contributed by atoms with Crippen LogP contribution in [0.15, 0.2) is 48.8 Å². The first kappa shape index (κ1) is 20.0. The third-order valence-electron chi connectivity index (χ3n) is 6.92. The number of hydrogen-bond acceptors (Lipinski definition) is 6. The van der Waals surface area contributed by atoms with Gasteiger partial charge in [0.25, 0.3) is 5.95 Å². The van der Waals surface area contributed by atoms with Gasteiger partial charge in [-0.25, -0.2) is 23.4 Å². The zero-order valence-electron chi connectivity index (χ0n) is 17.6. The van der Waals surface area contributed by atoms with Gasteiger partial charge < -0.3 is 5.11 Å². The zero-order valence-corrected chi connectivity index (χ0v) is 17.6. The van der Waals surface area contributed by atoms with Crippen molar-refractivity contribution in [3.05, 3.63) is 83.1 Å². The Morgan fingerprint density at radius 1 is 1.06 bits per heavy atom. The minimum Gasteiger partial charge on any atom is -0.390 e. The van der Waals surface area contributed by atoms with Crippen LogP contribution < -0.4 is 0 Å². The van der Waals surface area contributed by atoms with Crippen LogP contribution in [0.1, 0.15) is 54.2 Å². The number of hydrogen-bond donors (Lipinski definition) is 1. The van der Waals surface area contributed by atoms with E-state index < -0.39 is 17.0 Å². The van der Waals surface area contributed by atoms with E-state index in [0.717, 1.165) is 42.6 Å². The molecule has 7 rings (SSSR count). The van der Waals surface area contributed by atoms with Crippen molar-refractivity contribution in [3.63, 3.8) is 0 Å². The highest BCUT2D eigenvalue weighted by Gasteiger charge is 2.48. The molecule has 3 heterocycles. The lowest BCUT2D eigenvalue weighted by Crippen LogP contribution is -2.41. The van der Waals surface area contributed by atoms with Gasteiger partial charge >= 0.3 is 0 Å². The molecule has 0 aliphatic heterocycles. The maximum Gasteiger partial charge on any atom is 0.250 e. The lowest BCUT2D eigenvalue weighted by atomic mass is 9.58. The number of aliphatic hydroxyl groups is 1. The van der Waals surface area contributed by atoms with Crippen molar-refractivity contribution in [3.8, 4) is 17.2 Å². The molecule has 4 aromatic rings. The molecule has 3 aliphatic carbocycles. The van der Waals surface area contributed by atoms with E-state index >= 15 is 0 Å². The number of benzene rings is 1. The number of nitrogens with zero attached hydrogens (tertiary/aromatic N) is 6. The van der Waals surface area contributed by atoms with Gasteiger partial charge in [0.1, 0.15) is 11.6 Å². The summed E-state index contributed by atoms with van der Waals surface area (Å²) < 4.78 is 30.3. The van der Waals surface area contributed by atoms with E-state index in [2.05, 4.69) is 20.3 Å². The lowest BCUT2D eigenvalue weighted by molar-refractivity contribution is 0.263. The molecule has 33 heavy (non-hydrogen) atoms. The number of fused-ring (bicyclic) bond motifs is 2. The molecule has 2 bridgehead atoms. The molecule has 3 aliphatic rings. The second kappa shape index (κ2) is 7.48. The van der Waals surface area contributed by atoms with Crippen molar-refractivity contribution in [1.29, 1.82) is 0 Å². The Morgan fingerprint density at radius 3 is 2.58 bits per heavy atom. The standard InChI is InChI=1S/C24H20F2N6O/c25-17-2-1-3-18(26)21(17)19-12-16-14-4-8-24(9-5-14,22(16)30-29-19)20-6-10-27-23(28-20)32-11-7-15(13-33)31-32/h1-3,6-7,10-12,14,33H,4-5,8-9,13H2. The molecule has 0 unspecified atom stereocenters. The summed E-state index contributed by atoms with van der Waals surface area (Å²) >= 11 is 0. The van der Waals surface area contributed by atoms with Crippen LogP contribution in [0.3, 0.4) is 0 Å². The summed E-state index contributed by atoms with van der Waals surface area (Å²) in [5, 5.41) is 22.4. The smallest absolute Gasteiger partial charge is 0.250 e. The first-order chi connectivity index (χ1) is 16.1. The predicted molar refractivity (Wildman–Crippen MR) is 114 cm³/mol. The van der Waals surface area contributed by atoms with Crippen LogP contribution in [0, 0.1) is 11.6 Å². The fraction of sp³-hybridized carbons (Fsp3) is 0.292. The van der Waals surface area contributed by atoms with Crippen LogP contribution in [-0.2, 0) is 12.0 Å². The van der Waals surface area contributed by atoms with Crippen molar-refractivity contribution < 1.29 is 13.9 Å². The summed E-state index contributed by atoms with van der Waals surface area (Å²) in [6.45, 7) is -0.161. The monoisotopic (exact) mass is 446 g/mol. The number of aromatic nitrogens is 6. The highest BCUT2D eigenvalue weighted by molar-refractivity contribution is 5.62. The van der Waals surface area contributed by atoms with Gasteiger partial charge in [0.2, 0.25) is 0 Å². The van der Waals surface area contributed by atoms with Gasteiger partial charge in [0.05, 0.1) is 40.4 Å². The molecule has 0 amide bonds. The first-order valence-electron chi connectivity index (χ1n) is 10.9. The molecule has 9 heteroatoms. The van der Waals surface area contributed by atoms with Crippen molar-refractivity contribution in [2.75, 3.05) is 0 Å². The van der Waals surface area contributed by atoms with E-state index in [4.69, 9.17) is 4.98 Å². The normalized spacial score (nSPS) is 21.2. The molecule has 3 aromatic heterocycles. The summed E-state index contributed by atoms with van der Waals surface area (Å²) in [5.41, 5.74) is 2.80. The molecule has 166 valence electrons. The largest absolute Gasteiger partial charge is 0.390 e. The van der Waals surface area contributed by atoms with E-state index in [0.29, 0.717) is 11.6 Å². The lowest BCUT2D eigenvalue weighted by Gasteiger charge is -2.46. The molecular formula is C24H20F2N6O. The molecule has 7 nitrogen and oxygen atoms in total. The van der Waals surface area contributed by atoms with Gasteiger partial charge in [0, 0.05) is 12.4 Å². The van der Waals surface area contributed by atoms with Crippen molar-refractivity contribution in [1.82, 2.24) is 29.9 Å². The Hall–Kier alpha value is -3.59. The van der Waals surface area contributed by atoms with E-state index in [9.17, 15) is 13.9 Å². The van der Waals surface area contributed by atoms with Gasteiger partial charge in [-0.1, -0.05) is 6.07 Å². The summed E-state index contributed by atoms with van der Waals surface area (Å²) in [4.78, 5) is 9.16. The molecule has 1 N–H and O–H groups in total. The minimum absolute atomic E-state index is 0.147. The molecule has 1 fully saturated rings. The molecule has 0 atom stereocenters. The summed E-state index contributed by atoms with van der Waals surface area (Å²) in [5.74, 6) is -0.608. The SMILES string of the molecule is OCc1ccn(-c2nccc(C34CCC(CC3)c3cc(-c5c(F)cccc5F)nnc34)n2)n1. The van der Waals surface area contributed by atoms with Gasteiger partial charge in [0.15, 0.2) is 0 Å². The maximum atomic E-state index is 14.4. The average molecular weight is 446 g/mol. The van der Waals surface area contributed by atoms with E-state index in [1.165, 1.54) is 22.9 Å². The second-order valence-corrected chi connectivity index (χ2v) is 8.64. The van der Waals surface area contributed by atoms with Crippen LogP contribution in [0.4, 0.5) is 8.78 Å². The van der Waals surface area contributed by atoms with Crippen LogP contribution in [-0.4, -0.2) is 35.1 Å². The van der Waals surface area contributed by atoms with Crippen LogP contribution >= 0.6 is 0 Å². The molecule has 0 spiro atoms. The van der Waals surface area contributed by atoms with Gasteiger partial charge in [-0.15, -0.1) is 5.10 Å². The highest BCUT2D eigenvalue weighted by atomic mass is 19.1. The highest BCUT2D eigenvalue weighted by Crippen LogP contribution is 2.55. The van der Waals surface area contributed by atoms with Gasteiger partial charge in [-0.05, 0) is 67.5 Å². The molecule has 0 radical (unpaired) electrons. The summed E-state index contributed by atoms with van der Waals surface area (Å²) in [6, 6.07) is 9.20. The Bertz CT molecular complexity index is 1340. The zero-order chi connectivity index (χ0) is 22.6. The molecule has 1 aromatic carbocycles. The van der Waals surface area contributed by atoms with E-state index in [1.807, 2.05) is 6.07 Å². The number of aliphatic hydroxyl groups excluding tert-OH is 1. The fourth-order valence-electron chi connectivity index (χ4n) is 5.27. The Balaban J connectivity index is 1.46. The predicted octanol–water partition coefficient (Wildman–Crippen LogP) is 3.85. The number of rotatable bonds is 4. The Morgan fingerprint density at radius 2 is 1.85 bits per heavy atom. The fourth-order valence-corrected chi connectivity index (χ4v) is 5.27.